The summed E-state index contributed by atoms with van der Waals surface area (Å²) in [7, 11) is 0. The first-order chi connectivity index (χ1) is 18.3. The zero-order chi connectivity index (χ0) is 24.6. The molecule has 7 rings (SSSR count). The standard InChI is InChI=1S/C31H19N5O/c1-3-9-21(10-4-1)28-34-29(22-11-5-2-6-12-22)36-30(35-28)23-15-14-20-16-17-25-27(24(20)19-23)37-31(33-25)26-13-7-8-18-32-26/h1-19H. The van der Waals surface area contributed by atoms with Crippen molar-refractivity contribution in [2.45, 2.75) is 0 Å². The van der Waals surface area contributed by atoms with Gasteiger partial charge in [-0.2, -0.15) is 0 Å². The molecular weight excluding hydrogens is 458 g/mol. The lowest BCUT2D eigenvalue weighted by atomic mass is 10.1. The molecule has 6 nitrogen and oxygen atoms in total. The van der Waals surface area contributed by atoms with E-state index < -0.39 is 0 Å². The Balaban J connectivity index is 1.42. The number of rotatable bonds is 4. The number of fused-ring (bicyclic) bond motifs is 3. The van der Waals surface area contributed by atoms with Crippen LogP contribution < -0.4 is 0 Å². The van der Waals surface area contributed by atoms with E-state index in [0.29, 0.717) is 34.6 Å². The Kier molecular flexibility index (Phi) is 5.00. The summed E-state index contributed by atoms with van der Waals surface area (Å²) in [6.07, 6.45) is 1.73. The van der Waals surface area contributed by atoms with Crippen LogP contribution in [0.4, 0.5) is 0 Å². The molecule has 3 aromatic heterocycles. The van der Waals surface area contributed by atoms with Gasteiger partial charge in [-0.15, -0.1) is 0 Å². The first-order valence-electron chi connectivity index (χ1n) is 11.9. The molecule has 174 valence electrons. The molecule has 7 aromatic rings. The van der Waals surface area contributed by atoms with Gasteiger partial charge in [0.1, 0.15) is 11.2 Å². The monoisotopic (exact) mass is 477 g/mol. The summed E-state index contributed by atoms with van der Waals surface area (Å²) in [6.45, 7) is 0. The Morgan fingerprint density at radius 3 is 1.78 bits per heavy atom. The summed E-state index contributed by atoms with van der Waals surface area (Å²) in [5.74, 6) is 2.34. The third-order valence-electron chi connectivity index (χ3n) is 6.21. The minimum atomic E-state index is 0.492. The van der Waals surface area contributed by atoms with Gasteiger partial charge >= 0.3 is 0 Å². The highest BCUT2D eigenvalue weighted by molar-refractivity contribution is 6.04. The zero-order valence-electron chi connectivity index (χ0n) is 19.6. The Morgan fingerprint density at radius 1 is 0.514 bits per heavy atom. The average molecular weight is 478 g/mol. The van der Waals surface area contributed by atoms with Crippen LogP contribution in [0.1, 0.15) is 0 Å². The first kappa shape index (κ1) is 21.1. The third-order valence-corrected chi connectivity index (χ3v) is 6.21. The number of hydrogen-bond acceptors (Lipinski definition) is 6. The summed E-state index contributed by atoms with van der Waals surface area (Å²) in [4.78, 5) is 23.6. The molecule has 0 atom stereocenters. The highest BCUT2D eigenvalue weighted by Gasteiger charge is 2.15. The average Bonchev–Trinajstić information content (AvgIpc) is 3.43. The minimum absolute atomic E-state index is 0.492. The minimum Gasteiger partial charge on any atom is -0.434 e. The second-order valence-electron chi connectivity index (χ2n) is 8.62. The fourth-order valence-electron chi connectivity index (χ4n) is 4.38. The van der Waals surface area contributed by atoms with E-state index in [1.54, 1.807) is 6.20 Å². The van der Waals surface area contributed by atoms with Crippen molar-refractivity contribution in [1.82, 2.24) is 24.9 Å². The first-order valence-corrected chi connectivity index (χ1v) is 11.9. The predicted molar refractivity (Wildman–Crippen MR) is 144 cm³/mol. The van der Waals surface area contributed by atoms with Gasteiger partial charge in [0.25, 0.3) is 0 Å². The van der Waals surface area contributed by atoms with Gasteiger partial charge in [0, 0.05) is 28.3 Å². The lowest BCUT2D eigenvalue weighted by Gasteiger charge is -2.09. The van der Waals surface area contributed by atoms with Crippen molar-refractivity contribution in [2.24, 2.45) is 0 Å². The van der Waals surface area contributed by atoms with Gasteiger partial charge < -0.3 is 4.42 Å². The van der Waals surface area contributed by atoms with Gasteiger partial charge in [-0.1, -0.05) is 84.9 Å². The van der Waals surface area contributed by atoms with Gasteiger partial charge in [-0.3, -0.25) is 4.98 Å². The molecule has 4 aromatic carbocycles. The Labute approximate surface area is 212 Å². The molecular formula is C31H19N5O. The van der Waals surface area contributed by atoms with Crippen molar-refractivity contribution in [3.05, 3.63) is 115 Å². The maximum absolute atomic E-state index is 6.22. The fraction of sp³-hybridized carbons (Fsp3) is 0. The lowest BCUT2D eigenvalue weighted by molar-refractivity contribution is 0.620. The highest BCUT2D eigenvalue weighted by atomic mass is 16.3. The maximum atomic E-state index is 6.22. The molecule has 0 aliphatic rings. The molecule has 0 N–H and O–H groups in total. The van der Waals surface area contributed by atoms with Crippen LogP contribution in [0, 0.1) is 0 Å². The molecule has 0 aliphatic carbocycles. The van der Waals surface area contributed by atoms with E-state index in [-0.39, 0.29) is 0 Å². The van der Waals surface area contributed by atoms with Gasteiger partial charge in [0.2, 0.25) is 5.89 Å². The van der Waals surface area contributed by atoms with E-state index in [2.05, 4.69) is 22.1 Å². The number of nitrogens with zero attached hydrogens (tertiary/aromatic N) is 5. The molecule has 0 fully saturated rings. The largest absolute Gasteiger partial charge is 0.434 e. The SMILES string of the molecule is c1ccc(-c2nc(-c3ccccc3)nc(-c3ccc4ccc5nc(-c6ccccn6)oc5c4c3)n2)cc1. The number of hydrogen-bond donors (Lipinski definition) is 0. The number of aromatic nitrogens is 5. The predicted octanol–water partition coefficient (Wildman–Crippen LogP) is 7.23. The van der Waals surface area contributed by atoms with Gasteiger partial charge in [0.15, 0.2) is 23.1 Å². The van der Waals surface area contributed by atoms with Gasteiger partial charge in [-0.25, -0.2) is 19.9 Å². The van der Waals surface area contributed by atoms with Crippen LogP contribution in [0.3, 0.4) is 0 Å². The summed E-state index contributed by atoms with van der Waals surface area (Å²) in [6, 6.07) is 35.8. The van der Waals surface area contributed by atoms with Crippen LogP contribution in [-0.4, -0.2) is 24.9 Å². The van der Waals surface area contributed by atoms with Crippen LogP contribution in [0.15, 0.2) is 120 Å². The van der Waals surface area contributed by atoms with Crippen LogP contribution in [0.25, 0.3) is 67.6 Å². The van der Waals surface area contributed by atoms with E-state index in [1.807, 2.05) is 97.1 Å². The van der Waals surface area contributed by atoms with Crippen LogP contribution in [0.5, 0.6) is 0 Å². The molecule has 0 amide bonds. The van der Waals surface area contributed by atoms with E-state index in [9.17, 15) is 0 Å². The number of oxazole rings is 1. The van der Waals surface area contributed by atoms with Gasteiger partial charge in [0.05, 0.1) is 0 Å². The molecule has 0 radical (unpaired) electrons. The van der Waals surface area contributed by atoms with Crippen molar-refractivity contribution in [3.63, 3.8) is 0 Å². The zero-order valence-corrected chi connectivity index (χ0v) is 19.6. The topological polar surface area (TPSA) is 77.6 Å². The molecule has 6 heteroatoms. The summed E-state index contributed by atoms with van der Waals surface area (Å²) >= 11 is 0. The molecule has 0 unspecified atom stereocenters. The van der Waals surface area contributed by atoms with E-state index in [0.717, 1.165) is 33.0 Å². The second-order valence-corrected chi connectivity index (χ2v) is 8.62. The van der Waals surface area contributed by atoms with Crippen molar-refractivity contribution >= 4 is 21.9 Å². The fourth-order valence-corrected chi connectivity index (χ4v) is 4.38. The van der Waals surface area contributed by atoms with Crippen molar-refractivity contribution in [1.29, 1.82) is 0 Å². The van der Waals surface area contributed by atoms with Crippen LogP contribution in [-0.2, 0) is 0 Å². The van der Waals surface area contributed by atoms with Crippen molar-refractivity contribution in [2.75, 3.05) is 0 Å². The Morgan fingerprint density at radius 2 is 1.14 bits per heavy atom. The quantitative estimate of drug-likeness (QED) is 0.266. The molecule has 0 aliphatic heterocycles. The Bertz CT molecular complexity index is 1810. The summed E-state index contributed by atoms with van der Waals surface area (Å²) in [5, 5.41) is 1.98. The van der Waals surface area contributed by atoms with Crippen molar-refractivity contribution in [3.8, 4) is 45.7 Å². The van der Waals surface area contributed by atoms with Gasteiger partial charge in [-0.05, 0) is 29.7 Å². The maximum Gasteiger partial charge on any atom is 0.246 e. The molecule has 0 saturated carbocycles. The van der Waals surface area contributed by atoms with Crippen LogP contribution >= 0.6 is 0 Å². The molecule has 0 spiro atoms. The van der Waals surface area contributed by atoms with E-state index in [1.165, 1.54) is 0 Å². The molecule has 3 heterocycles. The normalized spacial score (nSPS) is 11.2. The lowest BCUT2D eigenvalue weighted by Crippen LogP contribution is -2.00. The molecule has 0 bridgehead atoms. The molecule has 37 heavy (non-hydrogen) atoms. The van der Waals surface area contributed by atoms with Crippen LogP contribution in [0.2, 0.25) is 0 Å². The Hall–Kier alpha value is -5.23. The molecule has 0 saturated heterocycles. The summed E-state index contributed by atoms with van der Waals surface area (Å²) in [5.41, 5.74) is 4.91. The van der Waals surface area contributed by atoms with E-state index >= 15 is 0 Å². The number of pyridine rings is 1. The van der Waals surface area contributed by atoms with Crippen molar-refractivity contribution < 1.29 is 4.42 Å². The second kappa shape index (κ2) is 8.77. The smallest absolute Gasteiger partial charge is 0.246 e. The highest BCUT2D eigenvalue weighted by Crippen LogP contribution is 2.32. The third kappa shape index (κ3) is 3.90. The summed E-state index contributed by atoms with van der Waals surface area (Å²) < 4.78 is 6.22. The van der Waals surface area contributed by atoms with E-state index in [4.69, 9.17) is 19.4 Å². The number of benzene rings is 4.